The van der Waals surface area contributed by atoms with Crippen LogP contribution in [0.3, 0.4) is 0 Å². The number of ether oxygens (including phenoxy) is 1. The van der Waals surface area contributed by atoms with Crippen LogP contribution < -0.4 is 16.8 Å². The summed E-state index contributed by atoms with van der Waals surface area (Å²) in [4.78, 5) is 12.6. The Bertz CT molecular complexity index is 525. The van der Waals surface area contributed by atoms with Crippen LogP contribution in [0.2, 0.25) is 0 Å². The van der Waals surface area contributed by atoms with E-state index >= 15 is 0 Å². The molecular formula is C28H56N4O2. The monoisotopic (exact) mass is 480 g/mol. The zero-order valence-electron chi connectivity index (χ0n) is 23.2. The first-order valence-electron chi connectivity index (χ1n) is 13.2. The number of nitrogens with zero attached hydrogens (tertiary/aromatic N) is 1. The van der Waals surface area contributed by atoms with E-state index < -0.39 is 0 Å². The fourth-order valence-electron chi connectivity index (χ4n) is 3.57. The quantitative estimate of drug-likeness (QED) is 0.166. The van der Waals surface area contributed by atoms with Gasteiger partial charge in [-0.25, -0.2) is 0 Å². The van der Waals surface area contributed by atoms with Crippen LogP contribution in [0.25, 0.3) is 0 Å². The molecule has 1 fully saturated rings. The van der Waals surface area contributed by atoms with Crippen LogP contribution in [0.4, 0.5) is 0 Å². The molecule has 0 radical (unpaired) electrons. The van der Waals surface area contributed by atoms with Crippen molar-refractivity contribution in [2.75, 3.05) is 46.9 Å². The molecule has 200 valence electrons. The third-order valence-electron chi connectivity index (χ3n) is 6.05. The van der Waals surface area contributed by atoms with Crippen molar-refractivity contribution in [3.8, 4) is 0 Å². The average molecular weight is 481 g/mol. The van der Waals surface area contributed by atoms with Gasteiger partial charge in [-0.3, -0.25) is 4.79 Å². The van der Waals surface area contributed by atoms with E-state index in [0.29, 0.717) is 6.54 Å². The van der Waals surface area contributed by atoms with Gasteiger partial charge in [0.25, 0.3) is 0 Å². The molecule has 0 bridgehead atoms. The molecular weight excluding hydrogens is 424 g/mol. The molecule has 0 unspecified atom stereocenters. The third kappa shape index (κ3) is 22.2. The van der Waals surface area contributed by atoms with Gasteiger partial charge in [0, 0.05) is 19.6 Å². The molecule has 6 heteroatoms. The van der Waals surface area contributed by atoms with Crippen LogP contribution >= 0.6 is 0 Å². The lowest BCUT2D eigenvalue weighted by atomic mass is 9.84. The summed E-state index contributed by atoms with van der Waals surface area (Å²) in [7, 11) is 4.10. The lowest BCUT2D eigenvalue weighted by Gasteiger charge is -2.22. The van der Waals surface area contributed by atoms with Crippen molar-refractivity contribution in [3.05, 3.63) is 36.6 Å². The van der Waals surface area contributed by atoms with E-state index in [0.717, 1.165) is 49.4 Å². The minimum atomic E-state index is -0.0399. The molecule has 0 saturated heterocycles. The Morgan fingerprint density at radius 3 is 2.00 bits per heavy atom. The first kappa shape index (κ1) is 34.5. The molecule has 5 N–H and O–H groups in total. The molecule has 0 atom stereocenters. The highest BCUT2D eigenvalue weighted by Gasteiger charge is 2.21. The van der Waals surface area contributed by atoms with Gasteiger partial charge in [-0.15, -0.1) is 0 Å². The summed E-state index contributed by atoms with van der Waals surface area (Å²) in [6.07, 6.45) is 16.2. The fourth-order valence-corrected chi connectivity index (χ4v) is 3.57. The van der Waals surface area contributed by atoms with Gasteiger partial charge in [0.2, 0.25) is 5.91 Å². The standard InChI is InChI=1S/C12H22N2O.C10H22.C6H12N2O/c1-4-6-12(11-13)7-10-15-9-5-8-14(2)3;1-5-9(6-2)10(7-3)8-4;7-3-6(9)8-4-5-1-2-5/h4,6-7,10H,1,5,8-9,11,13H2,2-3H3;9-10H,5-8H2,1-4H3;5H,1-4,7H2,(H,8,9)/b10-7-,12-6+;;. The zero-order valence-corrected chi connectivity index (χ0v) is 23.2. The summed E-state index contributed by atoms with van der Waals surface area (Å²) in [5, 5.41) is 2.73. The second kappa shape index (κ2) is 24.5. The SMILES string of the molecule is C=C/C=C(\C=C/OCCCN(C)C)CN.CCC(CC)C(CC)CC.NCC(=O)NCC1CC1. The minimum absolute atomic E-state index is 0.0399. The number of allylic oxidation sites excluding steroid dienone is 2. The maximum atomic E-state index is 10.5. The van der Waals surface area contributed by atoms with Crippen LogP contribution in [0.1, 0.15) is 72.6 Å². The number of carbonyl (C=O) groups excluding carboxylic acids is 1. The minimum Gasteiger partial charge on any atom is -0.501 e. The van der Waals surface area contributed by atoms with Crippen molar-refractivity contribution in [3.63, 3.8) is 0 Å². The van der Waals surface area contributed by atoms with Crippen LogP contribution in [0.5, 0.6) is 0 Å². The van der Waals surface area contributed by atoms with Gasteiger partial charge < -0.3 is 26.4 Å². The molecule has 0 aliphatic heterocycles. The molecule has 6 nitrogen and oxygen atoms in total. The third-order valence-corrected chi connectivity index (χ3v) is 6.05. The average Bonchev–Trinajstić information content (AvgIpc) is 3.67. The van der Waals surface area contributed by atoms with Crippen LogP contribution in [-0.2, 0) is 9.53 Å². The van der Waals surface area contributed by atoms with Crippen LogP contribution in [-0.4, -0.2) is 57.7 Å². The molecule has 0 aromatic carbocycles. The maximum absolute atomic E-state index is 10.5. The van der Waals surface area contributed by atoms with Crippen molar-refractivity contribution in [1.29, 1.82) is 0 Å². The molecule has 1 aliphatic rings. The van der Waals surface area contributed by atoms with Crippen molar-refractivity contribution in [2.45, 2.75) is 72.6 Å². The zero-order chi connectivity index (χ0) is 26.2. The van der Waals surface area contributed by atoms with E-state index in [-0.39, 0.29) is 12.5 Å². The number of nitrogens with two attached hydrogens (primary N) is 2. The second-order valence-electron chi connectivity index (χ2n) is 9.12. The first-order chi connectivity index (χ1) is 16.3. The van der Waals surface area contributed by atoms with E-state index in [9.17, 15) is 4.79 Å². The van der Waals surface area contributed by atoms with Crippen LogP contribution in [0, 0.1) is 17.8 Å². The van der Waals surface area contributed by atoms with Crippen molar-refractivity contribution in [2.24, 2.45) is 29.2 Å². The van der Waals surface area contributed by atoms with Gasteiger partial charge in [-0.05, 0) is 62.8 Å². The lowest BCUT2D eigenvalue weighted by molar-refractivity contribution is -0.119. The Hall–Kier alpha value is -1.63. The molecule has 0 aromatic heterocycles. The highest BCUT2D eigenvalue weighted by Crippen LogP contribution is 2.27. The summed E-state index contributed by atoms with van der Waals surface area (Å²) in [5.41, 5.74) is 11.6. The molecule has 1 amide bonds. The maximum Gasteiger partial charge on any atom is 0.233 e. The lowest BCUT2D eigenvalue weighted by Crippen LogP contribution is -2.31. The van der Waals surface area contributed by atoms with E-state index in [1.54, 1.807) is 12.3 Å². The number of amides is 1. The number of rotatable bonds is 16. The second-order valence-corrected chi connectivity index (χ2v) is 9.12. The molecule has 34 heavy (non-hydrogen) atoms. The summed E-state index contributed by atoms with van der Waals surface area (Å²) >= 11 is 0. The van der Waals surface area contributed by atoms with E-state index in [1.165, 1.54) is 38.5 Å². The Balaban J connectivity index is 0. The van der Waals surface area contributed by atoms with E-state index in [4.69, 9.17) is 16.2 Å². The number of hydrogen-bond acceptors (Lipinski definition) is 5. The Labute approximate surface area is 211 Å². The van der Waals surface area contributed by atoms with Crippen molar-refractivity contribution >= 4 is 5.91 Å². The van der Waals surface area contributed by atoms with Gasteiger partial charge in [0.1, 0.15) is 0 Å². The largest absolute Gasteiger partial charge is 0.501 e. The first-order valence-corrected chi connectivity index (χ1v) is 13.2. The smallest absolute Gasteiger partial charge is 0.233 e. The van der Waals surface area contributed by atoms with Crippen LogP contribution in [0.15, 0.2) is 36.6 Å². The molecule has 0 heterocycles. The highest BCUT2D eigenvalue weighted by molar-refractivity contribution is 5.77. The Morgan fingerprint density at radius 1 is 1.06 bits per heavy atom. The van der Waals surface area contributed by atoms with Gasteiger partial charge in [0.15, 0.2) is 0 Å². The topological polar surface area (TPSA) is 93.6 Å². The summed E-state index contributed by atoms with van der Waals surface area (Å²) in [5.74, 6) is 2.67. The van der Waals surface area contributed by atoms with Gasteiger partial charge in [0.05, 0.1) is 19.4 Å². The molecule has 1 aliphatic carbocycles. The number of hydrogen-bond donors (Lipinski definition) is 3. The predicted octanol–water partition coefficient (Wildman–Crippen LogP) is 4.87. The molecule has 0 spiro atoms. The van der Waals surface area contributed by atoms with Crippen molar-refractivity contribution in [1.82, 2.24) is 10.2 Å². The summed E-state index contributed by atoms with van der Waals surface area (Å²) < 4.78 is 5.32. The fraction of sp³-hybridized carbons (Fsp3) is 0.750. The number of carbonyl (C=O) groups is 1. The molecule has 1 rings (SSSR count). The Morgan fingerprint density at radius 2 is 1.62 bits per heavy atom. The summed E-state index contributed by atoms with van der Waals surface area (Å²) in [6.45, 7) is 16.1. The molecule has 0 aromatic rings. The Kier molecular flexibility index (Phi) is 24.9. The molecule has 1 saturated carbocycles. The van der Waals surface area contributed by atoms with Gasteiger partial charge >= 0.3 is 0 Å². The normalized spacial score (nSPS) is 13.4. The van der Waals surface area contributed by atoms with E-state index in [2.05, 4.69) is 58.6 Å². The van der Waals surface area contributed by atoms with Crippen molar-refractivity contribution < 1.29 is 9.53 Å². The summed E-state index contributed by atoms with van der Waals surface area (Å²) in [6, 6.07) is 0. The van der Waals surface area contributed by atoms with Gasteiger partial charge in [-0.1, -0.05) is 72.1 Å². The number of nitrogens with one attached hydrogen (secondary N) is 1. The predicted molar refractivity (Wildman–Crippen MR) is 149 cm³/mol. The highest BCUT2D eigenvalue weighted by atomic mass is 16.5. The van der Waals surface area contributed by atoms with E-state index in [1.807, 2.05) is 12.2 Å². The van der Waals surface area contributed by atoms with Gasteiger partial charge in [-0.2, -0.15) is 0 Å².